The lowest BCUT2D eigenvalue weighted by Gasteiger charge is -2.29. The van der Waals surface area contributed by atoms with E-state index in [0.29, 0.717) is 12.3 Å². The summed E-state index contributed by atoms with van der Waals surface area (Å²) >= 11 is 0. The molecule has 1 aromatic heterocycles. The van der Waals surface area contributed by atoms with Crippen LogP contribution in [-0.4, -0.2) is 66.3 Å². The molecule has 3 unspecified atom stereocenters. The highest BCUT2D eigenvalue weighted by Crippen LogP contribution is 2.41. The normalized spacial score (nSPS) is 15.3. The Morgan fingerprint density at radius 1 is 0.976 bits per heavy atom. The lowest BCUT2D eigenvalue weighted by molar-refractivity contribution is -0.269. The Morgan fingerprint density at radius 3 is 2.10 bits per heavy atom. The zero-order chi connectivity index (χ0) is 32.1. The van der Waals surface area contributed by atoms with Crippen LogP contribution in [0.25, 0.3) is 11.3 Å². The summed E-state index contributed by atoms with van der Waals surface area (Å²) in [5.41, 5.74) is -6.71. The number of carbonyl (C=O) groups excluding carboxylic acids is 2. The van der Waals surface area contributed by atoms with E-state index in [-0.39, 0.29) is 23.4 Å². The van der Waals surface area contributed by atoms with Crippen molar-refractivity contribution in [3.63, 3.8) is 0 Å². The van der Waals surface area contributed by atoms with E-state index in [0.717, 1.165) is 18.3 Å². The van der Waals surface area contributed by atoms with Gasteiger partial charge in [-0.05, 0) is 60.1 Å². The molecule has 0 saturated carbocycles. The van der Waals surface area contributed by atoms with Crippen molar-refractivity contribution in [3.8, 4) is 11.3 Å². The summed E-state index contributed by atoms with van der Waals surface area (Å²) in [6, 6.07) is 1.24. The zero-order valence-corrected chi connectivity index (χ0v) is 24.8. The standard InChI is InChI=1S/C27H34F5N3O6S/c1-24(2,3)40-22(36)19(35-23(37)41-25(4,5)6)9-11-42(39)12-10-26(38,27(30,31)32)21-15-33-20(14-34-21)17-8-7-16(28)13-18(17)29/h7-8,13-15,19,38H,9-12H2,1-6H3,(H,35,37). The lowest BCUT2D eigenvalue weighted by atomic mass is 9.96. The molecule has 0 aliphatic rings. The van der Waals surface area contributed by atoms with Gasteiger partial charge in [0.15, 0.2) is 0 Å². The van der Waals surface area contributed by atoms with Crippen LogP contribution in [0.4, 0.5) is 26.7 Å². The molecule has 1 amide bonds. The number of esters is 1. The van der Waals surface area contributed by atoms with Crippen molar-refractivity contribution in [3.05, 3.63) is 47.9 Å². The van der Waals surface area contributed by atoms with Crippen LogP contribution in [0.1, 0.15) is 60.1 Å². The number of carbonyl (C=O) groups is 2. The minimum atomic E-state index is -5.26. The number of halogens is 5. The number of aromatic nitrogens is 2. The Balaban J connectivity index is 2.15. The molecule has 3 atom stereocenters. The van der Waals surface area contributed by atoms with Gasteiger partial charge in [0.2, 0.25) is 5.60 Å². The summed E-state index contributed by atoms with van der Waals surface area (Å²) in [6.07, 6.45) is -6.14. The maximum atomic E-state index is 14.0. The van der Waals surface area contributed by atoms with E-state index in [1.54, 1.807) is 41.5 Å². The van der Waals surface area contributed by atoms with Gasteiger partial charge in [0.05, 0.1) is 23.8 Å². The number of rotatable bonds is 10. The summed E-state index contributed by atoms with van der Waals surface area (Å²) < 4.78 is 92.3. The number of nitrogens with one attached hydrogen (secondary N) is 1. The van der Waals surface area contributed by atoms with E-state index in [4.69, 9.17) is 9.47 Å². The molecule has 0 radical (unpaired) electrons. The van der Waals surface area contributed by atoms with Gasteiger partial charge >= 0.3 is 18.2 Å². The van der Waals surface area contributed by atoms with Crippen molar-refractivity contribution >= 4 is 22.9 Å². The summed E-state index contributed by atoms with van der Waals surface area (Å²) in [5, 5.41) is 12.9. The number of benzene rings is 1. The third-order valence-corrected chi connectivity index (χ3v) is 6.81. The molecule has 0 aliphatic heterocycles. The first-order valence-electron chi connectivity index (χ1n) is 12.8. The first kappa shape index (κ1) is 35.0. The quantitative estimate of drug-likeness (QED) is 0.282. The van der Waals surface area contributed by atoms with Gasteiger partial charge in [0.1, 0.15) is 28.9 Å². The van der Waals surface area contributed by atoms with Crippen LogP contribution in [0.3, 0.4) is 0 Å². The number of alkyl halides is 3. The Kier molecular flexibility index (Phi) is 11.2. The third kappa shape index (κ3) is 10.3. The smallest absolute Gasteiger partial charge is 0.423 e. The highest BCUT2D eigenvalue weighted by Gasteiger charge is 2.56. The minimum Gasteiger partial charge on any atom is -0.458 e. The predicted molar refractivity (Wildman–Crippen MR) is 143 cm³/mol. The molecule has 234 valence electrons. The Hall–Kier alpha value is -3.20. The van der Waals surface area contributed by atoms with Gasteiger partial charge in [-0.15, -0.1) is 0 Å². The van der Waals surface area contributed by atoms with E-state index in [9.17, 15) is 40.9 Å². The van der Waals surface area contributed by atoms with Crippen LogP contribution >= 0.6 is 0 Å². The number of hydrogen-bond acceptors (Lipinski definition) is 8. The summed E-state index contributed by atoms with van der Waals surface area (Å²) in [6.45, 7) is 9.59. The van der Waals surface area contributed by atoms with Crippen molar-refractivity contribution < 1.29 is 50.3 Å². The van der Waals surface area contributed by atoms with E-state index < -0.39 is 81.4 Å². The van der Waals surface area contributed by atoms with Crippen LogP contribution in [-0.2, 0) is 30.7 Å². The van der Waals surface area contributed by atoms with E-state index >= 15 is 0 Å². The van der Waals surface area contributed by atoms with E-state index in [1.807, 2.05) is 0 Å². The maximum absolute atomic E-state index is 14.0. The summed E-state index contributed by atoms with van der Waals surface area (Å²) in [4.78, 5) is 32.2. The fourth-order valence-electron chi connectivity index (χ4n) is 3.48. The number of aliphatic hydroxyl groups is 1. The van der Waals surface area contributed by atoms with Gasteiger partial charge in [0, 0.05) is 40.4 Å². The number of amides is 1. The third-order valence-electron chi connectivity index (χ3n) is 5.46. The number of nitrogens with zero attached hydrogens (tertiary/aromatic N) is 2. The van der Waals surface area contributed by atoms with Crippen LogP contribution in [0, 0.1) is 11.6 Å². The van der Waals surface area contributed by atoms with Gasteiger partial charge in [-0.1, -0.05) is 0 Å². The second-order valence-electron chi connectivity index (χ2n) is 11.4. The second-order valence-corrected chi connectivity index (χ2v) is 13.1. The molecule has 2 rings (SSSR count). The molecule has 1 heterocycles. The minimum absolute atomic E-state index is 0.199. The van der Waals surface area contributed by atoms with Crippen LogP contribution in [0.15, 0.2) is 30.6 Å². The zero-order valence-electron chi connectivity index (χ0n) is 24.0. The molecule has 0 bridgehead atoms. The second kappa shape index (κ2) is 13.4. The molecule has 0 fully saturated rings. The number of ether oxygens (including phenoxy) is 2. The van der Waals surface area contributed by atoms with Crippen molar-refractivity contribution in [2.24, 2.45) is 0 Å². The summed E-state index contributed by atoms with van der Waals surface area (Å²) in [5.74, 6) is -3.73. The average molecular weight is 624 g/mol. The van der Waals surface area contributed by atoms with Crippen LogP contribution < -0.4 is 5.32 Å². The number of alkyl carbamates (subject to hydrolysis) is 1. The van der Waals surface area contributed by atoms with Crippen molar-refractivity contribution in [2.45, 2.75) is 83.4 Å². The number of hydrogen-bond donors (Lipinski definition) is 2. The van der Waals surface area contributed by atoms with Crippen molar-refractivity contribution in [1.82, 2.24) is 15.3 Å². The Labute approximate surface area is 242 Å². The van der Waals surface area contributed by atoms with Gasteiger partial charge in [-0.2, -0.15) is 13.2 Å². The molecular formula is C27H34F5N3O6S. The van der Waals surface area contributed by atoms with Crippen LogP contribution in [0.2, 0.25) is 0 Å². The van der Waals surface area contributed by atoms with E-state index in [1.165, 1.54) is 0 Å². The first-order chi connectivity index (χ1) is 19.1. The monoisotopic (exact) mass is 623 g/mol. The van der Waals surface area contributed by atoms with Crippen molar-refractivity contribution in [1.29, 1.82) is 0 Å². The fraction of sp³-hybridized carbons (Fsp3) is 0.556. The van der Waals surface area contributed by atoms with E-state index in [2.05, 4.69) is 15.3 Å². The van der Waals surface area contributed by atoms with Gasteiger partial charge in [-0.25, -0.2) is 18.4 Å². The Bertz CT molecular complexity index is 1280. The molecule has 0 saturated heterocycles. The maximum Gasteiger partial charge on any atom is 0.423 e. The van der Waals surface area contributed by atoms with Crippen molar-refractivity contribution in [2.75, 3.05) is 11.5 Å². The molecule has 0 aliphatic carbocycles. The molecule has 1 aromatic carbocycles. The summed E-state index contributed by atoms with van der Waals surface area (Å²) in [7, 11) is -2.00. The fourth-order valence-corrected chi connectivity index (χ4v) is 4.70. The van der Waals surface area contributed by atoms with Crippen LogP contribution in [0.5, 0.6) is 0 Å². The molecule has 9 nitrogen and oxygen atoms in total. The lowest BCUT2D eigenvalue weighted by Crippen LogP contribution is -2.47. The highest BCUT2D eigenvalue weighted by molar-refractivity contribution is 7.84. The van der Waals surface area contributed by atoms with Gasteiger partial charge < -0.3 is 19.9 Å². The Morgan fingerprint density at radius 2 is 1.60 bits per heavy atom. The molecule has 0 spiro atoms. The highest BCUT2D eigenvalue weighted by atomic mass is 32.2. The molecular weight excluding hydrogens is 589 g/mol. The molecule has 2 aromatic rings. The SMILES string of the molecule is CC(C)(C)OC(=O)NC(CCS(=O)CCC(O)(c1cnc(-c2ccc(F)cc2F)cn1)C(F)(F)F)C(=O)OC(C)(C)C. The predicted octanol–water partition coefficient (Wildman–Crippen LogP) is 4.94. The molecule has 15 heteroatoms. The topological polar surface area (TPSA) is 128 Å². The van der Waals surface area contributed by atoms with Gasteiger partial charge in [0.25, 0.3) is 0 Å². The molecule has 42 heavy (non-hydrogen) atoms. The first-order valence-corrected chi connectivity index (χ1v) is 14.2. The largest absolute Gasteiger partial charge is 0.458 e. The average Bonchev–Trinajstić information content (AvgIpc) is 2.82. The molecule has 2 N–H and O–H groups in total. The van der Waals surface area contributed by atoms with Gasteiger partial charge in [-0.3, -0.25) is 14.2 Å².